The average Bonchev–Trinajstić information content (AvgIpc) is 3.29. The Hall–Kier alpha value is -3.32. The van der Waals surface area contributed by atoms with E-state index in [0.717, 1.165) is 60.7 Å². The predicted octanol–water partition coefficient (Wildman–Crippen LogP) is 6.31. The van der Waals surface area contributed by atoms with Gasteiger partial charge in [-0.05, 0) is 100.0 Å². The lowest BCUT2D eigenvalue weighted by molar-refractivity contribution is -0.137. The van der Waals surface area contributed by atoms with E-state index in [4.69, 9.17) is 9.47 Å². The van der Waals surface area contributed by atoms with Gasteiger partial charge in [0.2, 0.25) is 0 Å². The Labute approximate surface area is 225 Å². The quantitative estimate of drug-likeness (QED) is 0.242. The normalized spacial score (nSPS) is 15.0. The number of hydrogen-bond donors (Lipinski definition) is 2. The first-order chi connectivity index (χ1) is 18.2. The van der Waals surface area contributed by atoms with Crippen LogP contribution in [0.3, 0.4) is 0 Å². The van der Waals surface area contributed by atoms with Crippen LogP contribution < -0.4 is 14.8 Å². The number of aryl methyl sites for hydroxylation is 2. The van der Waals surface area contributed by atoms with Crippen LogP contribution in [0.25, 0.3) is 10.9 Å². The molecule has 2 aromatic carbocycles. The molecule has 7 nitrogen and oxygen atoms in total. The molecule has 38 heavy (non-hydrogen) atoms. The number of nitrogens with zero attached hydrogens (tertiary/aromatic N) is 1. The molecule has 1 aliphatic carbocycles. The molecule has 1 amide bonds. The van der Waals surface area contributed by atoms with Gasteiger partial charge in [-0.2, -0.15) is 0 Å². The first-order valence-electron chi connectivity index (χ1n) is 13.7. The van der Waals surface area contributed by atoms with E-state index in [9.17, 15) is 9.59 Å². The number of ether oxygens (including phenoxy) is 2. The maximum Gasteiger partial charge on any atom is 0.412 e. The standard InChI is InChI=1S/C31H41N3O4/c1-22-11-12-25(19-23(22)2)37-28(35)20-31(14-6-5-7-15-31)16-17-32-30(36)38-27-10-8-9-26-29(27)24(21-33-26)13-18-34(3)4/h8-12,19,21,33H,5-7,13-18,20H2,1-4H3,(H,32,36). The van der Waals surface area contributed by atoms with Crippen LogP contribution in [0.1, 0.15) is 61.6 Å². The summed E-state index contributed by atoms with van der Waals surface area (Å²) < 4.78 is 11.5. The third-order valence-electron chi connectivity index (χ3n) is 7.85. The number of rotatable bonds is 10. The van der Waals surface area contributed by atoms with Gasteiger partial charge in [-0.3, -0.25) is 4.79 Å². The van der Waals surface area contributed by atoms with Crippen molar-refractivity contribution in [2.75, 3.05) is 27.2 Å². The van der Waals surface area contributed by atoms with E-state index >= 15 is 0 Å². The second kappa shape index (κ2) is 12.5. The fourth-order valence-electron chi connectivity index (χ4n) is 5.48. The number of fused-ring (bicyclic) bond motifs is 1. The molecule has 4 rings (SSSR count). The van der Waals surface area contributed by atoms with Gasteiger partial charge in [-0.15, -0.1) is 0 Å². The summed E-state index contributed by atoms with van der Waals surface area (Å²) in [5, 5.41) is 3.88. The van der Waals surface area contributed by atoms with E-state index in [-0.39, 0.29) is 11.4 Å². The number of amides is 1. The molecular formula is C31H41N3O4. The van der Waals surface area contributed by atoms with E-state index in [1.54, 1.807) is 0 Å². The topological polar surface area (TPSA) is 83.7 Å². The lowest BCUT2D eigenvalue weighted by Crippen LogP contribution is -2.35. The fourth-order valence-corrected chi connectivity index (χ4v) is 5.48. The summed E-state index contributed by atoms with van der Waals surface area (Å²) in [7, 11) is 4.09. The minimum atomic E-state index is -0.471. The highest BCUT2D eigenvalue weighted by Gasteiger charge is 2.35. The molecule has 1 heterocycles. The highest BCUT2D eigenvalue weighted by atomic mass is 16.6. The Morgan fingerprint density at radius 2 is 1.82 bits per heavy atom. The van der Waals surface area contributed by atoms with Gasteiger partial charge >= 0.3 is 12.1 Å². The molecule has 1 saturated carbocycles. The van der Waals surface area contributed by atoms with Crippen molar-refractivity contribution in [1.82, 2.24) is 15.2 Å². The second-order valence-electron chi connectivity index (χ2n) is 11.1. The Morgan fingerprint density at radius 3 is 2.55 bits per heavy atom. The van der Waals surface area contributed by atoms with Crippen molar-refractivity contribution in [3.05, 3.63) is 59.3 Å². The Kier molecular flexibility index (Phi) is 9.10. The first kappa shape index (κ1) is 27.7. The largest absolute Gasteiger partial charge is 0.427 e. The van der Waals surface area contributed by atoms with E-state index < -0.39 is 6.09 Å². The molecule has 2 N–H and O–H groups in total. The summed E-state index contributed by atoms with van der Waals surface area (Å²) >= 11 is 0. The van der Waals surface area contributed by atoms with E-state index in [1.165, 1.54) is 12.0 Å². The van der Waals surface area contributed by atoms with Crippen molar-refractivity contribution in [2.24, 2.45) is 5.41 Å². The molecule has 3 aromatic rings. The first-order valence-corrected chi connectivity index (χ1v) is 13.7. The van der Waals surface area contributed by atoms with E-state index in [2.05, 4.69) is 15.2 Å². The molecule has 7 heteroatoms. The van der Waals surface area contributed by atoms with Crippen LogP contribution in [0.15, 0.2) is 42.6 Å². The molecule has 0 bridgehead atoms. The fraction of sp³-hybridized carbons (Fsp3) is 0.484. The number of hydrogen-bond acceptors (Lipinski definition) is 5. The highest BCUT2D eigenvalue weighted by molar-refractivity contribution is 5.91. The van der Waals surface area contributed by atoms with Crippen molar-refractivity contribution in [3.8, 4) is 11.5 Å². The average molecular weight is 520 g/mol. The monoisotopic (exact) mass is 519 g/mol. The van der Waals surface area contributed by atoms with Crippen LogP contribution in [0.5, 0.6) is 11.5 Å². The zero-order valence-corrected chi connectivity index (χ0v) is 23.2. The van der Waals surface area contributed by atoms with Gasteiger partial charge in [0.25, 0.3) is 0 Å². The van der Waals surface area contributed by atoms with Crippen LogP contribution in [-0.4, -0.2) is 49.1 Å². The van der Waals surface area contributed by atoms with Crippen LogP contribution >= 0.6 is 0 Å². The number of esters is 1. The predicted molar refractivity (Wildman–Crippen MR) is 151 cm³/mol. The van der Waals surface area contributed by atoms with Crippen molar-refractivity contribution in [2.45, 2.75) is 65.2 Å². The number of nitrogens with one attached hydrogen (secondary N) is 2. The van der Waals surface area contributed by atoms with Crippen LogP contribution in [0.2, 0.25) is 0 Å². The van der Waals surface area contributed by atoms with Crippen LogP contribution in [-0.2, 0) is 11.2 Å². The third-order valence-corrected chi connectivity index (χ3v) is 7.85. The van der Waals surface area contributed by atoms with E-state index in [1.807, 2.05) is 70.5 Å². The smallest absolute Gasteiger partial charge is 0.412 e. The number of aromatic nitrogens is 1. The number of aromatic amines is 1. The lowest BCUT2D eigenvalue weighted by Gasteiger charge is -2.36. The summed E-state index contributed by atoms with van der Waals surface area (Å²) in [6.07, 6.45) is 8.73. The molecule has 204 valence electrons. The minimum Gasteiger partial charge on any atom is -0.427 e. The molecule has 1 aromatic heterocycles. The zero-order valence-electron chi connectivity index (χ0n) is 23.2. The van der Waals surface area contributed by atoms with Gasteiger partial charge in [0.1, 0.15) is 11.5 Å². The Bertz CT molecular complexity index is 1260. The summed E-state index contributed by atoms with van der Waals surface area (Å²) in [5.74, 6) is 0.941. The summed E-state index contributed by atoms with van der Waals surface area (Å²) in [4.78, 5) is 31.1. The van der Waals surface area contributed by atoms with Crippen molar-refractivity contribution >= 4 is 23.0 Å². The van der Waals surface area contributed by atoms with Crippen molar-refractivity contribution in [3.63, 3.8) is 0 Å². The molecule has 0 atom stereocenters. The zero-order chi connectivity index (χ0) is 27.1. The Morgan fingerprint density at radius 1 is 1.03 bits per heavy atom. The Balaban J connectivity index is 1.35. The molecular weight excluding hydrogens is 478 g/mol. The van der Waals surface area contributed by atoms with Gasteiger partial charge in [-0.25, -0.2) is 4.79 Å². The summed E-state index contributed by atoms with van der Waals surface area (Å²) in [6.45, 7) is 5.41. The van der Waals surface area contributed by atoms with Gasteiger partial charge in [0.05, 0.1) is 6.42 Å². The molecule has 0 saturated heterocycles. The molecule has 0 spiro atoms. The maximum atomic E-state index is 12.9. The van der Waals surface area contributed by atoms with Crippen LogP contribution in [0, 0.1) is 19.3 Å². The summed E-state index contributed by atoms with van der Waals surface area (Å²) in [5.41, 5.74) is 4.19. The SMILES string of the molecule is Cc1ccc(OC(=O)CC2(CCNC(=O)Oc3cccc4[nH]cc(CCN(C)C)c34)CCCCC2)cc1C. The van der Waals surface area contributed by atoms with E-state index in [0.29, 0.717) is 30.9 Å². The number of benzene rings is 2. The highest BCUT2D eigenvalue weighted by Crippen LogP contribution is 2.42. The van der Waals surface area contributed by atoms with Crippen LogP contribution in [0.4, 0.5) is 4.79 Å². The molecule has 0 radical (unpaired) electrons. The molecule has 1 fully saturated rings. The second-order valence-corrected chi connectivity index (χ2v) is 11.1. The number of likely N-dealkylation sites (N-methyl/N-ethyl adjacent to an activating group) is 1. The maximum absolute atomic E-state index is 12.9. The molecule has 1 aliphatic rings. The number of carbonyl (C=O) groups excluding carboxylic acids is 2. The summed E-state index contributed by atoms with van der Waals surface area (Å²) in [6, 6.07) is 11.4. The van der Waals surface area contributed by atoms with Gasteiger partial charge in [-0.1, -0.05) is 31.4 Å². The molecule has 0 unspecified atom stereocenters. The minimum absolute atomic E-state index is 0.164. The van der Waals surface area contributed by atoms with Crippen molar-refractivity contribution < 1.29 is 19.1 Å². The third kappa shape index (κ3) is 7.16. The molecule has 0 aliphatic heterocycles. The van der Waals surface area contributed by atoms with Gasteiger partial charge in [0.15, 0.2) is 0 Å². The van der Waals surface area contributed by atoms with Gasteiger partial charge in [0, 0.05) is 30.2 Å². The number of carbonyl (C=O) groups is 2. The van der Waals surface area contributed by atoms with Gasteiger partial charge < -0.3 is 24.7 Å². The lowest BCUT2D eigenvalue weighted by atomic mass is 9.69. The number of H-pyrrole nitrogens is 1. The van der Waals surface area contributed by atoms with Crippen molar-refractivity contribution in [1.29, 1.82) is 0 Å².